The molecule has 0 saturated heterocycles. The van der Waals surface area contributed by atoms with Gasteiger partial charge in [0, 0.05) is 18.6 Å². The Morgan fingerprint density at radius 1 is 1.32 bits per heavy atom. The van der Waals surface area contributed by atoms with Crippen molar-refractivity contribution >= 4 is 38.1 Å². The van der Waals surface area contributed by atoms with E-state index < -0.39 is 10.0 Å². The Morgan fingerprint density at radius 2 is 1.95 bits per heavy atom. The van der Waals surface area contributed by atoms with Crippen LogP contribution in [-0.2, 0) is 16.6 Å². The van der Waals surface area contributed by atoms with Crippen molar-refractivity contribution in [1.29, 1.82) is 0 Å². The maximum atomic E-state index is 12.2. The molecule has 102 valence electrons. The van der Waals surface area contributed by atoms with Crippen LogP contribution < -0.4 is 5.73 Å². The summed E-state index contributed by atoms with van der Waals surface area (Å²) < 4.78 is 25.4. The Balaban J connectivity index is 2.19. The summed E-state index contributed by atoms with van der Waals surface area (Å²) in [6, 6.07) is 6.95. The highest BCUT2D eigenvalue weighted by atomic mass is 35.5. The maximum Gasteiger partial charge on any atom is 0.272 e. The summed E-state index contributed by atoms with van der Waals surface area (Å²) in [5.41, 5.74) is 6.22. The highest BCUT2D eigenvalue weighted by molar-refractivity contribution is 7.91. The Bertz CT molecular complexity index is 669. The molecule has 0 unspecified atom stereocenters. The van der Waals surface area contributed by atoms with E-state index in [0.29, 0.717) is 5.02 Å². The predicted molar refractivity (Wildman–Crippen MR) is 74.4 cm³/mol. The second-order valence-electron chi connectivity index (χ2n) is 3.79. The molecule has 1 heterocycles. The summed E-state index contributed by atoms with van der Waals surface area (Å²) in [5.74, 6) is 0. The summed E-state index contributed by atoms with van der Waals surface area (Å²) in [6.07, 6.45) is 0. The molecule has 0 amide bonds. The number of anilines is 1. The molecule has 0 aliphatic heterocycles. The lowest BCUT2D eigenvalue weighted by Crippen LogP contribution is -2.26. The van der Waals surface area contributed by atoms with Crippen molar-refractivity contribution in [2.45, 2.75) is 10.9 Å². The Labute approximate surface area is 119 Å². The van der Waals surface area contributed by atoms with Gasteiger partial charge in [-0.05, 0) is 17.7 Å². The number of halogens is 1. The predicted octanol–water partition coefficient (Wildman–Crippen LogP) is 1.59. The van der Waals surface area contributed by atoms with Crippen LogP contribution in [0.4, 0.5) is 5.13 Å². The van der Waals surface area contributed by atoms with Crippen molar-refractivity contribution in [2.24, 2.45) is 0 Å². The largest absolute Gasteiger partial charge is 0.374 e. The molecule has 0 radical (unpaired) electrons. The fraction of sp³-hybridized carbons (Fsp3) is 0.200. The molecule has 2 aromatic rings. The van der Waals surface area contributed by atoms with Crippen molar-refractivity contribution < 1.29 is 8.42 Å². The Morgan fingerprint density at radius 3 is 2.47 bits per heavy atom. The Kier molecular flexibility index (Phi) is 4.04. The first-order valence-corrected chi connectivity index (χ1v) is 7.83. The van der Waals surface area contributed by atoms with Gasteiger partial charge in [-0.2, -0.15) is 4.31 Å². The van der Waals surface area contributed by atoms with Crippen molar-refractivity contribution in [1.82, 2.24) is 14.5 Å². The number of hydrogen-bond donors (Lipinski definition) is 1. The number of rotatable bonds is 4. The van der Waals surface area contributed by atoms with Gasteiger partial charge in [-0.25, -0.2) is 8.42 Å². The van der Waals surface area contributed by atoms with Gasteiger partial charge in [0.2, 0.25) is 9.47 Å². The van der Waals surface area contributed by atoms with Gasteiger partial charge in [0.1, 0.15) is 0 Å². The zero-order chi connectivity index (χ0) is 14.0. The number of hydrogen-bond acceptors (Lipinski definition) is 6. The molecular weight excluding hydrogens is 308 g/mol. The van der Waals surface area contributed by atoms with Gasteiger partial charge in [0.25, 0.3) is 10.0 Å². The number of sulfonamides is 1. The molecule has 0 atom stereocenters. The fourth-order valence-electron chi connectivity index (χ4n) is 1.39. The number of nitrogen functional groups attached to an aromatic ring is 1. The van der Waals surface area contributed by atoms with E-state index in [0.717, 1.165) is 16.9 Å². The van der Waals surface area contributed by atoms with E-state index in [1.54, 1.807) is 24.3 Å². The molecular formula is C10H11ClN4O2S2. The molecule has 19 heavy (non-hydrogen) atoms. The van der Waals surface area contributed by atoms with Crippen LogP contribution in [0.1, 0.15) is 5.56 Å². The topological polar surface area (TPSA) is 89.2 Å². The number of nitrogens with two attached hydrogens (primary N) is 1. The van der Waals surface area contributed by atoms with Gasteiger partial charge < -0.3 is 5.73 Å². The molecule has 9 heteroatoms. The lowest BCUT2D eigenvalue weighted by molar-refractivity contribution is 0.465. The SMILES string of the molecule is CN(Cc1ccc(Cl)cc1)S(=O)(=O)c1nnc(N)s1. The van der Waals surface area contributed by atoms with Crippen LogP contribution in [0.2, 0.25) is 5.02 Å². The van der Waals surface area contributed by atoms with Gasteiger partial charge in [-0.1, -0.05) is 35.1 Å². The zero-order valence-corrected chi connectivity index (χ0v) is 12.3. The molecule has 0 fully saturated rings. The molecule has 6 nitrogen and oxygen atoms in total. The first-order valence-electron chi connectivity index (χ1n) is 5.19. The molecule has 0 aliphatic rings. The minimum absolute atomic E-state index is 0.110. The van der Waals surface area contributed by atoms with Gasteiger partial charge in [0.05, 0.1) is 0 Å². The lowest BCUT2D eigenvalue weighted by atomic mass is 10.2. The van der Waals surface area contributed by atoms with Gasteiger partial charge in [-0.3, -0.25) is 0 Å². The first kappa shape index (κ1) is 14.2. The average molecular weight is 319 g/mol. The third-order valence-corrected chi connectivity index (χ3v) is 5.53. The highest BCUT2D eigenvalue weighted by Gasteiger charge is 2.25. The standard InChI is InChI=1S/C10H11ClN4O2S2/c1-15(6-7-2-4-8(11)5-3-7)19(16,17)10-14-13-9(12)18-10/h2-5H,6H2,1H3,(H2,12,13). The lowest BCUT2D eigenvalue weighted by Gasteiger charge is -2.14. The van der Waals surface area contributed by atoms with E-state index in [1.165, 1.54) is 11.4 Å². The van der Waals surface area contributed by atoms with Crippen molar-refractivity contribution in [3.05, 3.63) is 34.9 Å². The summed E-state index contributed by atoms with van der Waals surface area (Å²) in [6.45, 7) is 0.221. The van der Waals surface area contributed by atoms with Crippen LogP contribution in [0.3, 0.4) is 0 Å². The van der Waals surface area contributed by atoms with Crippen LogP contribution in [0, 0.1) is 0 Å². The summed E-state index contributed by atoms with van der Waals surface area (Å²) in [5, 5.41) is 7.79. The van der Waals surface area contributed by atoms with Gasteiger partial charge in [-0.15, -0.1) is 10.2 Å². The molecule has 2 N–H and O–H groups in total. The van der Waals surface area contributed by atoms with Crippen molar-refractivity contribution in [2.75, 3.05) is 12.8 Å². The van der Waals surface area contributed by atoms with Crippen molar-refractivity contribution in [3.63, 3.8) is 0 Å². The summed E-state index contributed by atoms with van der Waals surface area (Å²) in [4.78, 5) is 0. The monoisotopic (exact) mass is 318 g/mol. The highest BCUT2D eigenvalue weighted by Crippen LogP contribution is 2.21. The van der Waals surface area contributed by atoms with E-state index in [4.69, 9.17) is 17.3 Å². The van der Waals surface area contributed by atoms with Crippen LogP contribution in [0.15, 0.2) is 28.6 Å². The maximum absolute atomic E-state index is 12.2. The van der Waals surface area contributed by atoms with E-state index >= 15 is 0 Å². The molecule has 2 rings (SSSR count). The average Bonchev–Trinajstić information content (AvgIpc) is 2.79. The van der Waals surface area contributed by atoms with Crippen LogP contribution >= 0.6 is 22.9 Å². The van der Waals surface area contributed by atoms with E-state index in [1.807, 2.05) is 0 Å². The molecule has 0 aliphatic carbocycles. The zero-order valence-electron chi connectivity index (χ0n) is 9.95. The van der Waals surface area contributed by atoms with E-state index in [9.17, 15) is 8.42 Å². The third kappa shape index (κ3) is 3.21. The van der Waals surface area contributed by atoms with Gasteiger partial charge in [0.15, 0.2) is 0 Å². The smallest absolute Gasteiger partial charge is 0.272 e. The molecule has 0 bridgehead atoms. The number of nitrogens with zero attached hydrogens (tertiary/aromatic N) is 3. The third-order valence-electron chi connectivity index (χ3n) is 2.37. The van der Waals surface area contributed by atoms with E-state index in [-0.39, 0.29) is 16.0 Å². The van der Waals surface area contributed by atoms with Crippen LogP contribution in [0.5, 0.6) is 0 Å². The minimum Gasteiger partial charge on any atom is -0.374 e. The first-order chi connectivity index (χ1) is 8.89. The normalized spacial score (nSPS) is 11.9. The quantitative estimate of drug-likeness (QED) is 0.924. The van der Waals surface area contributed by atoms with Crippen LogP contribution in [-0.4, -0.2) is 30.0 Å². The van der Waals surface area contributed by atoms with Crippen LogP contribution in [0.25, 0.3) is 0 Å². The summed E-state index contributed by atoms with van der Waals surface area (Å²) >= 11 is 6.62. The second kappa shape index (κ2) is 5.41. The van der Waals surface area contributed by atoms with E-state index in [2.05, 4.69) is 10.2 Å². The van der Waals surface area contributed by atoms with Crippen molar-refractivity contribution in [3.8, 4) is 0 Å². The Hall–Kier alpha value is -1.22. The minimum atomic E-state index is -3.66. The molecule has 0 saturated carbocycles. The fourth-order valence-corrected chi connectivity index (χ4v) is 3.65. The molecule has 0 spiro atoms. The molecule has 1 aromatic carbocycles. The second-order valence-corrected chi connectivity index (χ2v) is 7.46. The number of benzene rings is 1. The van der Waals surface area contributed by atoms with Gasteiger partial charge >= 0.3 is 0 Å². The number of aromatic nitrogens is 2. The summed E-state index contributed by atoms with van der Waals surface area (Å²) in [7, 11) is -2.19. The molecule has 1 aromatic heterocycles.